The Morgan fingerprint density at radius 1 is 0.885 bits per heavy atom. The third-order valence-electron chi connectivity index (χ3n) is 3.80. The first kappa shape index (κ1) is 24.3. The van der Waals surface area contributed by atoms with E-state index in [-0.39, 0.29) is 12.4 Å². The first-order valence-electron chi connectivity index (χ1n) is 9.30. The van der Waals surface area contributed by atoms with Crippen molar-refractivity contribution < 1.29 is 24.9 Å². The van der Waals surface area contributed by atoms with E-state index >= 15 is 0 Å². The summed E-state index contributed by atoms with van der Waals surface area (Å²) in [5, 5.41) is 29.3. The third-order valence-corrected chi connectivity index (χ3v) is 3.80. The molecular formula is C21H34O5. The molecule has 0 heterocycles. The van der Waals surface area contributed by atoms with E-state index in [9.17, 15) is 20.1 Å². The van der Waals surface area contributed by atoms with Gasteiger partial charge in [0.2, 0.25) is 0 Å². The second kappa shape index (κ2) is 16.8. The predicted molar refractivity (Wildman–Crippen MR) is 105 cm³/mol. The smallest absolute Gasteiger partial charge is 0.305 e. The van der Waals surface area contributed by atoms with Crippen LogP contribution in [0.1, 0.15) is 51.9 Å². The number of carbonyl (C=O) groups excluding carboxylic acids is 1. The number of aliphatic hydroxyl groups is 3. The Morgan fingerprint density at radius 2 is 1.50 bits per heavy atom. The van der Waals surface area contributed by atoms with Crippen molar-refractivity contribution in [3.8, 4) is 0 Å². The molecule has 0 bridgehead atoms. The number of hydrogen-bond acceptors (Lipinski definition) is 5. The minimum absolute atomic E-state index is 0.232. The lowest BCUT2D eigenvalue weighted by atomic mass is 10.1. The molecular weight excluding hydrogens is 332 g/mol. The van der Waals surface area contributed by atoms with Crippen LogP contribution in [0.5, 0.6) is 0 Å². The molecule has 0 aromatic carbocycles. The number of allylic oxidation sites excluding steroid dienone is 6. The highest BCUT2D eigenvalue weighted by atomic mass is 16.5. The summed E-state index contributed by atoms with van der Waals surface area (Å²) in [5.41, 5.74) is 0. The third kappa shape index (κ3) is 14.6. The van der Waals surface area contributed by atoms with Gasteiger partial charge in [-0.25, -0.2) is 0 Å². The summed E-state index contributed by atoms with van der Waals surface area (Å²) >= 11 is 0. The number of aliphatic hydroxyl groups excluding tert-OH is 3. The van der Waals surface area contributed by atoms with Crippen LogP contribution in [0.3, 0.4) is 0 Å². The molecule has 26 heavy (non-hydrogen) atoms. The molecule has 148 valence electrons. The van der Waals surface area contributed by atoms with E-state index in [0.717, 1.165) is 25.7 Å². The second-order valence-corrected chi connectivity index (χ2v) is 6.13. The summed E-state index contributed by atoms with van der Waals surface area (Å²) in [4.78, 5) is 11.0. The zero-order valence-corrected chi connectivity index (χ0v) is 16.0. The van der Waals surface area contributed by atoms with Crippen molar-refractivity contribution in [3.05, 3.63) is 48.6 Å². The largest absolute Gasteiger partial charge is 0.469 e. The molecule has 0 saturated heterocycles. The number of esters is 1. The average molecular weight is 366 g/mol. The fourth-order valence-corrected chi connectivity index (χ4v) is 2.18. The molecule has 5 heteroatoms. The SMILES string of the molecule is CCCCC[C@@H](O)C=CC=CC=CC=C[C@@H](O)[C@@H](O)CCCC(=O)OC. The van der Waals surface area contributed by atoms with Crippen molar-refractivity contribution in [1.82, 2.24) is 0 Å². The minimum Gasteiger partial charge on any atom is -0.469 e. The first-order valence-corrected chi connectivity index (χ1v) is 9.30. The van der Waals surface area contributed by atoms with Crippen LogP contribution in [-0.2, 0) is 9.53 Å². The van der Waals surface area contributed by atoms with Crippen LogP contribution in [0.15, 0.2) is 48.6 Å². The van der Waals surface area contributed by atoms with Crippen LogP contribution < -0.4 is 0 Å². The summed E-state index contributed by atoms with van der Waals surface area (Å²) in [5.74, 6) is -0.320. The summed E-state index contributed by atoms with van der Waals surface area (Å²) < 4.78 is 4.52. The van der Waals surface area contributed by atoms with Crippen molar-refractivity contribution in [2.45, 2.75) is 70.2 Å². The highest BCUT2D eigenvalue weighted by Gasteiger charge is 2.13. The second-order valence-electron chi connectivity index (χ2n) is 6.13. The average Bonchev–Trinajstić information content (AvgIpc) is 2.63. The Bertz CT molecular complexity index is 465. The first-order chi connectivity index (χ1) is 12.5. The van der Waals surface area contributed by atoms with E-state index in [4.69, 9.17) is 0 Å². The number of rotatable bonds is 14. The Hall–Kier alpha value is -1.69. The van der Waals surface area contributed by atoms with E-state index in [2.05, 4.69) is 11.7 Å². The summed E-state index contributed by atoms with van der Waals surface area (Å²) in [6.07, 6.45) is 16.8. The van der Waals surface area contributed by atoms with Crippen LogP contribution in [0.25, 0.3) is 0 Å². The standard InChI is InChI=1S/C21H34O5/c1-3-4-9-13-18(22)14-10-7-5-6-8-11-15-19(23)20(24)16-12-17-21(25)26-2/h5-8,10-11,14-15,18-20,22-24H,3-4,9,12-13,16-17H2,1-2H3/t18-,19-,20+/m1/s1. The molecule has 0 unspecified atom stereocenters. The van der Waals surface area contributed by atoms with Gasteiger partial charge in [-0.05, 0) is 19.3 Å². The summed E-state index contributed by atoms with van der Waals surface area (Å²) in [6.45, 7) is 2.14. The maximum atomic E-state index is 11.0. The molecule has 0 saturated carbocycles. The van der Waals surface area contributed by atoms with Gasteiger partial charge < -0.3 is 20.1 Å². The highest BCUT2D eigenvalue weighted by molar-refractivity contribution is 5.68. The van der Waals surface area contributed by atoms with E-state index in [1.807, 2.05) is 18.2 Å². The number of methoxy groups -OCH3 is 1. The zero-order valence-electron chi connectivity index (χ0n) is 16.0. The van der Waals surface area contributed by atoms with Gasteiger partial charge in [0.05, 0.1) is 25.4 Å². The molecule has 0 aliphatic rings. The molecule has 3 atom stereocenters. The number of carbonyl (C=O) groups is 1. The van der Waals surface area contributed by atoms with Gasteiger partial charge in [-0.3, -0.25) is 4.79 Å². The van der Waals surface area contributed by atoms with Gasteiger partial charge >= 0.3 is 5.97 Å². The molecule has 0 aromatic heterocycles. The van der Waals surface area contributed by atoms with Crippen molar-refractivity contribution in [2.24, 2.45) is 0 Å². The topological polar surface area (TPSA) is 87.0 Å². The van der Waals surface area contributed by atoms with Gasteiger partial charge in [-0.15, -0.1) is 0 Å². The number of ether oxygens (including phenoxy) is 1. The van der Waals surface area contributed by atoms with Crippen LogP contribution >= 0.6 is 0 Å². The van der Waals surface area contributed by atoms with E-state index in [1.54, 1.807) is 24.3 Å². The lowest BCUT2D eigenvalue weighted by Crippen LogP contribution is -2.23. The molecule has 0 fully saturated rings. The van der Waals surface area contributed by atoms with Crippen LogP contribution in [0.4, 0.5) is 0 Å². The Kier molecular flexibility index (Phi) is 15.7. The molecule has 0 spiro atoms. The van der Waals surface area contributed by atoms with Crippen LogP contribution in [0, 0.1) is 0 Å². The van der Waals surface area contributed by atoms with Gasteiger partial charge in [0.25, 0.3) is 0 Å². The molecule has 0 aromatic rings. The predicted octanol–water partition coefficient (Wildman–Crippen LogP) is 3.22. The number of hydrogen-bond donors (Lipinski definition) is 3. The van der Waals surface area contributed by atoms with Gasteiger partial charge in [0, 0.05) is 6.42 Å². The van der Waals surface area contributed by atoms with Crippen molar-refractivity contribution >= 4 is 5.97 Å². The van der Waals surface area contributed by atoms with Crippen molar-refractivity contribution in [3.63, 3.8) is 0 Å². The van der Waals surface area contributed by atoms with Gasteiger partial charge in [0.15, 0.2) is 0 Å². The molecule has 0 aliphatic carbocycles. The Balaban J connectivity index is 3.98. The van der Waals surface area contributed by atoms with E-state index < -0.39 is 18.3 Å². The normalized spacial score (nSPS) is 16.0. The lowest BCUT2D eigenvalue weighted by molar-refractivity contribution is -0.140. The molecule has 0 aliphatic heterocycles. The van der Waals surface area contributed by atoms with Crippen molar-refractivity contribution in [1.29, 1.82) is 0 Å². The van der Waals surface area contributed by atoms with Gasteiger partial charge in [-0.2, -0.15) is 0 Å². The molecule has 0 rings (SSSR count). The minimum atomic E-state index is -0.973. The van der Waals surface area contributed by atoms with Gasteiger partial charge in [-0.1, -0.05) is 74.8 Å². The molecule has 0 radical (unpaired) electrons. The number of unbranched alkanes of at least 4 members (excludes halogenated alkanes) is 2. The quantitative estimate of drug-likeness (QED) is 0.250. The molecule has 3 N–H and O–H groups in total. The lowest BCUT2D eigenvalue weighted by Gasteiger charge is -2.13. The fourth-order valence-electron chi connectivity index (χ4n) is 2.18. The molecule has 5 nitrogen and oxygen atoms in total. The highest BCUT2D eigenvalue weighted by Crippen LogP contribution is 2.07. The van der Waals surface area contributed by atoms with E-state index in [1.165, 1.54) is 13.2 Å². The maximum Gasteiger partial charge on any atom is 0.305 e. The van der Waals surface area contributed by atoms with Gasteiger partial charge in [0.1, 0.15) is 0 Å². The summed E-state index contributed by atoms with van der Waals surface area (Å²) in [6, 6.07) is 0. The van der Waals surface area contributed by atoms with Crippen molar-refractivity contribution in [2.75, 3.05) is 7.11 Å². The van der Waals surface area contributed by atoms with E-state index in [0.29, 0.717) is 12.8 Å². The maximum absolute atomic E-state index is 11.0. The zero-order chi connectivity index (χ0) is 19.6. The Labute approximate surface area is 157 Å². The van der Waals surface area contributed by atoms with Crippen LogP contribution in [0.2, 0.25) is 0 Å². The summed E-state index contributed by atoms with van der Waals surface area (Å²) in [7, 11) is 1.32. The fraction of sp³-hybridized carbons (Fsp3) is 0.571. The monoisotopic (exact) mass is 366 g/mol. The molecule has 0 amide bonds. The Morgan fingerprint density at radius 3 is 2.12 bits per heavy atom. The van der Waals surface area contributed by atoms with Crippen LogP contribution in [-0.4, -0.2) is 46.7 Å².